The van der Waals surface area contributed by atoms with Crippen molar-refractivity contribution in [2.45, 2.75) is 32.9 Å². The summed E-state index contributed by atoms with van der Waals surface area (Å²) in [5, 5.41) is 7.67. The topological polar surface area (TPSA) is 52.2 Å². The molecule has 5 nitrogen and oxygen atoms in total. The van der Waals surface area contributed by atoms with Crippen molar-refractivity contribution in [3.63, 3.8) is 0 Å². The third kappa shape index (κ3) is 2.51. The van der Waals surface area contributed by atoms with E-state index in [0.29, 0.717) is 0 Å². The van der Waals surface area contributed by atoms with E-state index >= 15 is 0 Å². The van der Waals surface area contributed by atoms with Gasteiger partial charge in [0.2, 0.25) is 0 Å². The Hall–Kier alpha value is -1.75. The average Bonchev–Trinajstić information content (AvgIpc) is 2.97. The molecule has 1 atom stereocenters. The van der Waals surface area contributed by atoms with Crippen LogP contribution in [0.3, 0.4) is 0 Å². The lowest BCUT2D eigenvalue weighted by atomic mass is 10.1. The molecule has 19 heavy (non-hydrogen) atoms. The summed E-state index contributed by atoms with van der Waals surface area (Å²) < 4.78 is 13.1. The van der Waals surface area contributed by atoms with Gasteiger partial charge in [0.25, 0.3) is 0 Å². The summed E-state index contributed by atoms with van der Waals surface area (Å²) >= 11 is 0. The van der Waals surface area contributed by atoms with E-state index in [1.807, 2.05) is 30.8 Å². The Kier molecular flexibility index (Phi) is 3.95. The lowest BCUT2D eigenvalue weighted by molar-refractivity contribution is 0.378. The molecule has 0 aromatic carbocycles. The highest BCUT2D eigenvalue weighted by Gasteiger charge is 2.25. The smallest absolute Gasteiger partial charge is 0.162 e. The third-order valence-corrected chi connectivity index (χ3v) is 3.12. The maximum atomic E-state index is 5.74. The number of aryl methyl sites for hydroxylation is 1. The van der Waals surface area contributed by atoms with E-state index in [4.69, 9.17) is 9.15 Å². The number of methoxy groups -OCH3 is 1. The molecule has 0 aliphatic carbocycles. The van der Waals surface area contributed by atoms with E-state index in [9.17, 15) is 0 Å². The van der Waals surface area contributed by atoms with E-state index in [1.54, 1.807) is 13.3 Å². The first-order valence-electron chi connectivity index (χ1n) is 6.43. The van der Waals surface area contributed by atoms with Crippen LogP contribution in [-0.2, 0) is 0 Å². The Morgan fingerprint density at radius 3 is 2.58 bits per heavy atom. The van der Waals surface area contributed by atoms with Crippen molar-refractivity contribution in [3.05, 3.63) is 35.5 Å². The van der Waals surface area contributed by atoms with E-state index in [2.05, 4.69) is 24.3 Å². The van der Waals surface area contributed by atoms with E-state index in [0.717, 1.165) is 23.0 Å². The maximum absolute atomic E-state index is 5.74. The Morgan fingerprint density at radius 1 is 1.37 bits per heavy atom. The normalized spacial score (nSPS) is 12.9. The van der Waals surface area contributed by atoms with Gasteiger partial charge in [-0.15, -0.1) is 0 Å². The minimum atomic E-state index is -0.0754. The van der Waals surface area contributed by atoms with Crippen molar-refractivity contribution in [3.8, 4) is 5.75 Å². The van der Waals surface area contributed by atoms with Crippen molar-refractivity contribution in [2.75, 3.05) is 14.2 Å². The summed E-state index contributed by atoms with van der Waals surface area (Å²) in [6, 6.07) is 4.12. The number of hydrogen-bond acceptors (Lipinski definition) is 4. The van der Waals surface area contributed by atoms with Crippen LogP contribution in [-0.4, -0.2) is 23.9 Å². The maximum Gasteiger partial charge on any atom is 0.162 e. The third-order valence-electron chi connectivity index (χ3n) is 3.12. The molecule has 0 amide bonds. The predicted octanol–water partition coefficient (Wildman–Crippen LogP) is 2.68. The summed E-state index contributed by atoms with van der Waals surface area (Å²) in [4.78, 5) is 0. The largest absolute Gasteiger partial charge is 0.493 e. The van der Waals surface area contributed by atoms with Crippen LogP contribution in [0.25, 0.3) is 0 Å². The van der Waals surface area contributed by atoms with E-state index < -0.39 is 0 Å². The second kappa shape index (κ2) is 5.48. The zero-order valence-corrected chi connectivity index (χ0v) is 12.1. The number of aromatic nitrogens is 2. The van der Waals surface area contributed by atoms with Gasteiger partial charge in [-0.25, -0.2) is 0 Å². The number of nitrogens with one attached hydrogen (secondary N) is 1. The van der Waals surface area contributed by atoms with E-state index in [1.165, 1.54) is 0 Å². The molecule has 2 aromatic heterocycles. The molecule has 104 valence electrons. The van der Waals surface area contributed by atoms with Gasteiger partial charge in [0.1, 0.15) is 23.3 Å². The second-order valence-corrected chi connectivity index (χ2v) is 4.81. The zero-order chi connectivity index (χ0) is 14.0. The molecule has 1 N–H and O–H groups in total. The number of ether oxygens (including phenoxy) is 1. The minimum Gasteiger partial charge on any atom is -0.493 e. The summed E-state index contributed by atoms with van der Waals surface area (Å²) in [6.45, 7) is 6.12. The fourth-order valence-electron chi connectivity index (χ4n) is 2.22. The molecule has 0 saturated heterocycles. The summed E-state index contributed by atoms with van der Waals surface area (Å²) in [6.07, 6.45) is 1.75. The Bertz CT molecular complexity index is 543. The summed E-state index contributed by atoms with van der Waals surface area (Å²) in [5.74, 6) is 2.52. The zero-order valence-electron chi connectivity index (χ0n) is 12.1. The molecule has 2 heterocycles. The quantitative estimate of drug-likeness (QED) is 0.901. The molecule has 0 aliphatic rings. The van der Waals surface area contributed by atoms with Crippen molar-refractivity contribution in [1.82, 2.24) is 15.1 Å². The van der Waals surface area contributed by atoms with E-state index in [-0.39, 0.29) is 12.1 Å². The highest BCUT2D eigenvalue weighted by molar-refractivity contribution is 5.34. The second-order valence-electron chi connectivity index (χ2n) is 4.81. The molecule has 0 bridgehead atoms. The van der Waals surface area contributed by atoms with Crippen LogP contribution in [0.2, 0.25) is 0 Å². The van der Waals surface area contributed by atoms with Gasteiger partial charge in [0.15, 0.2) is 5.75 Å². The van der Waals surface area contributed by atoms with Crippen molar-refractivity contribution in [2.24, 2.45) is 0 Å². The first kappa shape index (κ1) is 13.7. The standard InChI is InChI=1S/C14H21N3O2/c1-9(2)17-14(12(18-5)8-16-17)13(15-4)11-7-6-10(3)19-11/h6-9,13,15H,1-5H3. The van der Waals surface area contributed by atoms with Gasteiger partial charge >= 0.3 is 0 Å². The van der Waals surface area contributed by atoms with Crippen LogP contribution in [0.15, 0.2) is 22.7 Å². The molecule has 0 fully saturated rings. The lowest BCUT2D eigenvalue weighted by Gasteiger charge is -2.19. The van der Waals surface area contributed by atoms with Crippen LogP contribution < -0.4 is 10.1 Å². The van der Waals surface area contributed by atoms with Crippen LogP contribution in [0, 0.1) is 6.92 Å². The molecule has 1 unspecified atom stereocenters. The molecular weight excluding hydrogens is 242 g/mol. The Labute approximate surface area is 113 Å². The molecular formula is C14H21N3O2. The summed E-state index contributed by atoms with van der Waals surface area (Å²) in [5.41, 5.74) is 0.981. The highest BCUT2D eigenvalue weighted by atomic mass is 16.5. The van der Waals surface area contributed by atoms with Gasteiger partial charge in [-0.05, 0) is 40.0 Å². The molecule has 2 rings (SSSR count). The first-order valence-corrected chi connectivity index (χ1v) is 6.43. The number of nitrogens with zero attached hydrogens (tertiary/aromatic N) is 2. The molecule has 0 radical (unpaired) electrons. The highest BCUT2D eigenvalue weighted by Crippen LogP contribution is 2.32. The van der Waals surface area contributed by atoms with Gasteiger partial charge < -0.3 is 14.5 Å². The fraction of sp³-hybridized carbons (Fsp3) is 0.500. The Morgan fingerprint density at radius 2 is 2.11 bits per heavy atom. The molecule has 0 saturated carbocycles. The van der Waals surface area contributed by atoms with Crippen molar-refractivity contribution in [1.29, 1.82) is 0 Å². The van der Waals surface area contributed by atoms with Crippen LogP contribution in [0.5, 0.6) is 5.75 Å². The summed E-state index contributed by atoms with van der Waals surface area (Å²) in [7, 11) is 3.56. The Balaban J connectivity index is 2.50. The SMILES string of the molecule is CNC(c1ccc(C)o1)c1c(OC)cnn1C(C)C. The van der Waals surface area contributed by atoms with Crippen LogP contribution in [0.4, 0.5) is 0 Å². The predicted molar refractivity (Wildman–Crippen MR) is 73.5 cm³/mol. The first-order chi connectivity index (χ1) is 9.08. The van der Waals surface area contributed by atoms with Gasteiger partial charge in [-0.3, -0.25) is 4.68 Å². The molecule has 5 heteroatoms. The number of furan rings is 1. The van der Waals surface area contributed by atoms with Gasteiger partial charge in [0, 0.05) is 6.04 Å². The van der Waals surface area contributed by atoms with Gasteiger partial charge in [0.05, 0.1) is 13.3 Å². The minimum absolute atomic E-state index is 0.0754. The lowest BCUT2D eigenvalue weighted by Crippen LogP contribution is -2.22. The van der Waals surface area contributed by atoms with Crippen molar-refractivity contribution >= 4 is 0 Å². The fourth-order valence-corrected chi connectivity index (χ4v) is 2.22. The monoisotopic (exact) mass is 263 g/mol. The number of rotatable bonds is 5. The molecule has 0 spiro atoms. The van der Waals surface area contributed by atoms with Crippen LogP contribution in [0.1, 0.15) is 43.1 Å². The van der Waals surface area contributed by atoms with Crippen LogP contribution >= 0.6 is 0 Å². The molecule has 0 aliphatic heterocycles. The average molecular weight is 263 g/mol. The van der Waals surface area contributed by atoms with Gasteiger partial charge in [-0.1, -0.05) is 0 Å². The molecule has 2 aromatic rings. The van der Waals surface area contributed by atoms with Crippen molar-refractivity contribution < 1.29 is 9.15 Å². The number of hydrogen-bond donors (Lipinski definition) is 1. The van der Waals surface area contributed by atoms with Gasteiger partial charge in [-0.2, -0.15) is 5.10 Å².